The minimum atomic E-state index is -0.744. The van der Waals surface area contributed by atoms with E-state index < -0.39 is 10.8 Å². The van der Waals surface area contributed by atoms with Crippen LogP contribution in [-0.4, -0.2) is 40.0 Å². The first-order valence-electron chi connectivity index (χ1n) is 7.98. The largest absolute Gasteiger partial charge is 0.377 e. The Kier molecular flexibility index (Phi) is 6.30. The van der Waals surface area contributed by atoms with Gasteiger partial charge in [-0.3, -0.25) is 4.21 Å². The van der Waals surface area contributed by atoms with Gasteiger partial charge in [-0.15, -0.1) is 0 Å². The Morgan fingerprint density at radius 1 is 1.16 bits per heavy atom. The van der Waals surface area contributed by atoms with Gasteiger partial charge in [-0.25, -0.2) is 0 Å². The monoisotopic (exact) mass is 287 g/mol. The summed E-state index contributed by atoms with van der Waals surface area (Å²) in [6.07, 6.45) is 8.44. The highest BCUT2D eigenvalue weighted by Gasteiger charge is 2.37. The maximum Gasteiger partial charge on any atom is 0.0691 e. The Labute approximate surface area is 120 Å². The molecule has 0 bridgehead atoms. The number of ether oxygens (including phenoxy) is 1. The van der Waals surface area contributed by atoms with Gasteiger partial charge in [0.15, 0.2) is 0 Å². The van der Waals surface area contributed by atoms with Crippen molar-refractivity contribution in [1.82, 2.24) is 5.32 Å². The minimum absolute atomic E-state index is 0.177. The van der Waals surface area contributed by atoms with Crippen molar-refractivity contribution in [2.24, 2.45) is 0 Å². The topological polar surface area (TPSA) is 38.3 Å². The Morgan fingerprint density at radius 2 is 1.95 bits per heavy atom. The molecular weight excluding hydrogens is 258 g/mol. The lowest BCUT2D eigenvalue weighted by Crippen LogP contribution is -2.45. The number of hydrogen-bond donors (Lipinski definition) is 1. The summed E-state index contributed by atoms with van der Waals surface area (Å²) in [4.78, 5) is 0. The van der Waals surface area contributed by atoms with Crippen molar-refractivity contribution in [2.45, 2.75) is 81.4 Å². The van der Waals surface area contributed by atoms with Crippen LogP contribution >= 0.6 is 0 Å². The predicted octanol–water partition coefficient (Wildman–Crippen LogP) is 2.61. The summed E-state index contributed by atoms with van der Waals surface area (Å²) in [5, 5.41) is 4.24. The summed E-state index contributed by atoms with van der Waals surface area (Å²) < 4.78 is 18.5. The predicted molar refractivity (Wildman–Crippen MR) is 80.9 cm³/mol. The van der Waals surface area contributed by atoms with Gasteiger partial charge in [0.05, 0.1) is 16.6 Å². The average molecular weight is 287 g/mol. The molecule has 1 N–H and O–H groups in total. The lowest BCUT2D eigenvalue weighted by atomic mass is 10.1. The zero-order valence-electron chi connectivity index (χ0n) is 12.4. The summed E-state index contributed by atoms with van der Waals surface area (Å²) >= 11 is 0. The van der Waals surface area contributed by atoms with Crippen LogP contribution in [0.2, 0.25) is 0 Å². The quantitative estimate of drug-likeness (QED) is 0.790. The lowest BCUT2D eigenvalue weighted by molar-refractivity contribution is 0.126. The summed E-state index contributed by atoms with van der Waals surface area (Å²) in [6.45, 7) is 6.12. The van der Waals surface area contributed by atoms with Crippen LogP contribution in [0.1, 0.15) is 58.8 Å². The molecule has 5 atom stereocenters. The van der Waals surface area contributed by atoms with Gasteiger partial charge >= 0.3 is 0 Å². The number of nitrogens with one attached hydrogen (secondary N) is 1. The van der Waals surface area contributed by atoms with Gasteiger partial charge in [0, 0.05) is 23.4 Å². The second-order valence-corrected chi connectivity index (χ2v) is 7.84. The van der Waals surface area contributed by atoms with Crippen molar-refractivity contribution < 1.29 is 8.95 Å². The summed E-state index contributed by atoms with van der Waals surface area (Å²) in [5.41, 5.74) is 0. The second kappa shape index (κ2) is 7.75. The first-order chi connectivity index (χ1) is 9.24. The van der Waals surface area contributed by atoms with E-state index in [1.165, 1.54) is 25.7 Å². The van der Waals surface area contributed by atoms with Crippen LogP contribution in [0.25, 0.3) is 0 Å². The maximum atomic E-state index is 12.9. The summed E-state index contributed by atoms with van der Waals surface area (Å²) in [5.74, 6) is 0. The van der Waals surface area contributed by atoms with Crippen LogP contribution in [0.3, 0.4) is 0 Å². The fourth-order valence-corrected chi connectivity index (χ4v) is 5.55. The molecule has 19 heavy (non-hydrogen) atoms. The van der Waals surface area contributed by atoms with Crippen molar-refractivity contribution in [1.29, 1.82) is 0 Å². The van der Waals surface area contributed by atoms with E-state index >= 15 is 0 Å². The smallest absolute Gasteiger partial charge is 0.0691 e. The molecule has 3 nitrogen and oxygen atoms in total. The van der Waals surface area contributed by atoms with Crippen LogP contribution in [0.15, 0.2) is 0 Å². The minimum Gasteiger partial charge on any atom is -0.377 e. The molecule has 2 fully saturated rings. The molecule has 1 saturated carbocycles. The third-order valence-electron chi connectivity index (χ3n) is 4.51. The van der Waals surface area contributed by atoms with Gasteiger partial charge in [0.25, 0.3) is 0 Å². The summed E-state index contributed by atoms with van der Waals surface area (Å²) in [7, 11) is -0.744. The van der Waals surface area contributed by atoms with E-state index in [0.717, 1.165) is 32.4 Å². The Morgan fingerprint density at radius 3 is 2.63 bits per heavy atom. The van der Waals surface area contributed by atoms with Crippen molar-refractivity contribution >= 4 is 10.8 Å². The van der Waals surface area contributed by atoms with Gasteiger partial charge in [-0.1, -0.05) is 26.2 Å². The molecule has 2 aliphatic rings. The maximum absolute atomic E-state index is 12.9. The van der Waals surface area contributed by atoms with Gasteiger partial charge in [0.2, 0.25) is 0 Å². The molecule has 4 heteroatoms. The van der Waals surface area contributed by atoms with E-state index in [4.69, 9.17) is 4.74 Å². The first kappa shape index (κ1) is 15.5. The summed E-state index contributed by atoms with van der Waals surface area (Å²) in [6, 6.07) is 0.455. The van der Waals surface area contributed by atoms with Gasteiger partial charge in [-0.2, -0.15) is 0 Å². The van der Waals surface area contributed by atoms with Crippen molar-refractivity contribution in [3.63, 3.8) is 0 Å². The molecule has 112 valence electrons. The van der Waals surface area contributed by atoms with Crippen molar-refractivity contribution in [2.75, 3.05) is 13.2 Å². The fraction of sp³-hybridized carbons (Fsp3) is 1.00. The molecule has 5 unspecified atom stereocenters. The first-order valence-corrected chi connectivity index (χ1v) is 9.26. The molecule has 0 aromatic rings. The molecule has 0 aromatic carbocycles. The van der Waals surface area contributed by atoms with Crippen LogP contribution in [-0.2, 0) is 15.5 Å². The van der Waals surface area contributed by atoms with Crippen LogP contribution in [0.4, 0.5) is 0 Å². The highest BCUT2D eigenvalue weighted by molar-refractivity contribution is 7.86. The third-order valence-corrected chi connectivity index (χ3v) is 6.89. The van der Waals surface area contributed by atoms with E-state index in [2.05, 4.69) is 19.2 Å². The van der Waals surface area contributed by atoms with Crippen LogP contribution in [0.5, 0.6) is 0 Å². The molecule has 2 rings (SSSR count). The van der Waals surface area contributed by atoms with E-state index in [-0.39, 0.29) is 11.4 Å². The lowest BCUT2D eigenvalue weighted by Gasteiger charge is -2.28. The van der Waals surface area contributed by atoms with Crippen LogP contribution < -0.4 is 5.32 Å². The second-order valence-electron chi connectivity index (χ2n) is 5.97. The molecule has 0 aromatic heterocycles. The molecule has 1 aliphatic heterocycles. The van der Waals surface area contributed by atoms with E-state index in [9.17, 15) is 4.21 Å². The fourth-order valence-electron chi connectivity index (χ4n) is 3.36. The van der Waals surface area contributed by atoms with Crippen molar-refractivity contribution in [3.8, 4) is 0 Å². The molecule has 0 amide bonds. The molecular formula is C15H29NO2S. The van der Waals surface area contributed by atoms with Crippen LogP contribution in [0, 0.1) is 0 Å². The van der Waals surface area contributed by atoms with Gasteiger partial charge in [-0.05, 0) is 39.2 Å². The average Bonchev–Trinajstić information content (AvgIpc) is 2.71. The number of rotatable bonds is 5. The zero-order valence-corrected chi connectivity index (χ0v) is 13.2. The Hall–Kier alpha value is 0.0700. The molecule has 1 aliphatic carbocycles. The normalized spacial score (nSPS) is 38.0. The highest BCUT2D eigenvalue weighted by Crippen LogP contribution is 2.28. The SMILES string of the molecule is CCCNC1CCCCCC1S(=O)C1CCOC1C. The van der Waals surface area contributed by atoms with Gasteiger partial charge < -0.3 is 10.1 Å². The molecule has 0 radical (unpaired) electrons. The highest BCUT2D eigenvalue weighted by atomic mass is 32.2. The third kappa shape index (κ3) is 4.02. The molecule has 0 spiro atoms. The molecule has 1 heterocycles. The Bertz CT molecular complexity index is 298. The van der Waals surface area contributed by atoms with E-state index in [1.807, 2.05) is 0 Å². The van der Waals surface area contributed by atoms with Crippen molar-refractivity contribution in [3.05, 3.63) is 0 Å². The van der Waals surface area contributed by atoms with E-state index in [1.54, 1.807) is 0 Å². The van der Waals surface area contributed by atoms with Gasteiger partial charge in [0.1, 0.15) is 0 Å². The number of hydrogen-bond acceptors (Lipinski definition) is 3. The van der Waals surface area contributed by atoms with E-state index in [0.29, 0.717) is 11.3 Å². The zero-order chi connectivity index (χ0) is 13.7. The molecule has 1 saturated heterocycles. The Balaban J connectivity index is 2.01. The standard InChI is InChI=1S/C15H29NO2S/c1-3-10-16-13-7-5-4-6-8-15(13)19(17)14-9-11-18-12(14)2/h12-16H,3-11H2,1-2H3.